The molecule has 1 aliphatic rings. The second-order valence-corrected chi connectivity index (χ2v) is 5.36. The summed E-state index contributed by atoms with van der Waals surface area (Å²) in [6.45, 7) is 2.92. The van der Waals surface area contributed by atoms with Crippen LogP contribution in [0.4, 0.5) is 4.79 Å². The SMILES string of the molecule is CCCCCc1cc(CC2CNC(=O)N2)ccc1OC. The lowest BCUT2D eigenvalue weighted by molar-refractivity contribution is 0.247. The summed E-state index contributed by atoms with van der Waals surface area (Å²) in [7, 11) is 1.72. The second kappa shape index (κ2) is 7.17. The van der Waals surface area contributed by atoms with E-state index in [2.05, 4.69) is 29.7 Å². The van der Waals surface area contributed by atoms with Crippen molar-refractivity contribution in [3.63, 3.8) is 0 Å². The van der Waals surface area contributed by atoms with Crippen molar-refractivity contribution in [3.8, 4) is 5.75 Å². The molecule has 1 fully saturated rings. The molecule has 2 N–H and O–H groups in total. The van der Waals surface area contributed by atoms with Crippen molar-refractivity contribution in [2.24, 2.45) is 0 Å². The molecular formula is C16H24N2O2. The summed E-state index contributed by atoms with van der Waals surface area (Å²) in [5.74, 6) is 0.971. The minimum Gasteiger partial charge on any atom is -0.496 e. The van der Waals surface area contributed by atoms with Gasteiger partial charge in [0, 0.05) is 6.54 Å². The zero-order valence-corrected chi connectivity index (χ0v) is 12.4. The first kappa shape index (κ1) is 14.7. The Morgan fingerprint density at radius 2 is 2.20 bits per heavy atom. The normalized spacial score (nSPS) is 17.7. The molecule has 1 aromatic carbocycles. The Hall–Kier alpha value is -1.71. The zero-order chi connectivity index (χ0) is 14.4. The topological polar surface area (TPSA) is 50.4 Å². The summed E-state index contributed by atoms with van der Waals surface area (Å²) in [5, 5.41) is 5.72. The van der Waals surface area contributed by atoms with E-state index < -0.39 is 0 Å². The molecule has 0 bridgehead atoms. The molecule has 4 nitrogen and oxygen atoms in total. The number of urea groups is 1. The van der Waals surface area contributed by atoms with E-state index in [4.69, 9.17) is 4.74 Å². The van der Waals surface area contributed by atoms with Crippen LogP contribution in [0.15, 0.2) is 18.2 Å². The Labute approximate surface area is 120 Å². The molecule has 0 spiro atoms. The number of carbonyl (C=O) groups is 1. The van der Waals surface area contributed by atoms with Crippen molar-refractivity contribution in [1.82, 2.24) is 10.6 Å². The molecule has 0 aliphatic carbocycles. The maximum Gasteiger partial charge on any atom is 0.315 e. The predicted molar refractivity (Wildman–Crippen MR) is 80.2 cm³/mol. The Bertz CT molecular complexity index is 460. The van der Waals surface area contributed by atoms with Gasteiger partial charge in [0.1, 0.15) is 5.75 Å². The smallest absolute Gasteiger partial charge is 0.315 e. The average molecular weight is 276 g/mol. The summed E-state index contributed by atoms with van der Waals surface area (Å²) in [5.41, 5.74) is 2.53. The highest BCUT2D eigenvalue weighted by Crippen LogP contribution is 2.23. The molecule has 1 aliphatic heterocycles. The highest BCUT2D eigenvalue weighted by atomic mass is 16.5. The number of benzene rings is 1. The number of hydrogen-bond acceptors (Lipinski definition) is 2. The number of unbranched alkanes of at least 4 members (excludes halogenated alkanes) is 2. The minimum absolute atomic E-state index is 0.0633. The zero-order valence-electron chi connectivity index (χ0n) is 12.4. The number of hydrogen-bond donors (Lipinski definition) is 2. The van der Waals surface area contributed by atoms with Crippen LogP contribution in [-0.4, -0.2) is 25.7 Å². The third-order valence-corrected chi connectivity index (χ3v) is 3.72. The lowest BCUT2D eigenvalue weighted by atomic mass is 9.99. The summed E-state index contributed by atoms with van der Waals surface area (Å²) in [6.07, 6.45) is 5.58. The first-order valence-corrected chi connectivity index (χ1v) is 7.43. The molecule has 1 heterocycles. The van der Waals surface area contributed by atoms with Crippen LogP contribution in [0.1, 0.15) is 37.3 Å². The summed E-state index contributed by atoms with van der Waals surface area (Å²) >= 11 is 0. The van der Waals surface area contributed by atoms with Gasteiger partial charge in [-0.05, 0) is 36.5 Å². The van der Waals surface area contributed by atoms with Crippen molar-refractivity contribution in [1.29, 1.82) is 0 Å². The van der Waals surface area contributed by atoms with Gasteiger partial charge in [-0.1, -0.05) is 31.9 Å². The van der Waals surface area contributed by atoms with Crippen molar-refractivity contribution in [3.05, 3.63) is 29.3 Å². The van der Waals surface area contributed by atoms with Crippen LogP contribution in [0.5, 0.6) is 5.75 Å². The maximum absolute atomic E-state index is 11.1. The van der Waals surface area contributed by atoms with Crippen LogP contribution in [0.2, 0.25) is 0 Å². The molecule has 20 heavy (non-hydrogen) atoms. The number of amides is 2. The lowest BCUT2D eigenvalue weighted by Gasteiger charge is -2.13. The Kier molecular flexibility index (Phi) is 5.27. The van der Waals surface area contributed by atoms with Gasteiger partial charge in [0.25, 0.3) is 0 Å². The molecule has 110 valence electrons. The van der Waals surface area contributed by atoms with E-state index in [-0.39, 0.29) is 12.1 Å². The van der Waals surface area contributed by atoms with Gasteiger partial charge in [-0.3, -0.25) is 0 Å². The van der Waals surface area contributed by atoms with Crippen molar-refractivity contribution in [2.45, 2.75) is 45.1 Å². The molecule has 1 aromatic rings. The molecule has 1 unspecified atom stereocenters. The highest BCUT2D eigenvalue weighted by Gasteiger charge is 2.20. The highest BCUT2D eigenvalue weighted by molar-refractivity contribution is 5.76. The minimum atomic E-state index is -0.0633. The fourth-order valence-electron chi connectivity index (χ4n) is 2.63. The average Bonchev–Trinajstić information content (AvgIpc) is 2.85. The molecule has 0 saturated carbocycles. The third kappa shape index (κ3) is 3.89. The van der Waals surface area contributed by atoms with Crippen molar-refractivity contribution in [2.75, 3.05) is 13.7 Å². The molecule has 1 atom stereocenters. The first-order chi connectivity index (χ1) is 9.72. The van der Waals surface area contributed by atoms with E-state index in [1.165, 1.54) is 30.4 Å². The fourth-order valence-corrected chi connectivity index (χ4v) is 2.63. The fraction of sp³-hybridized carbons (Fsp3) is 0.562. The van der Waals surface area contributed by atoms with Crippen LogP contribution in [0.3, 0.4) is 0 Å². The molecular weight excluding hydrogens is 252 g/mol. The van der Waals surface area contributed by atoms with E-state index in [0.717, 1.165) is 18.6 Å². The Morgan fingerprint density at radius 3 is 2.85 bits per heavy atom. The summed E-state index contributed by atoms with van der Waals surface area (Å²) < 4.78 is 5.44. The first-order valence-electron chi connectivity index (χ1n) is 7.43. The lowest BCUT2D eigenvalue weighted by Crippen LogP contribution is -2.28. The monoisotopic (exact) mass is 276 g/mol. The number of nitrogens with one attached hydrogen (secondary N) is 2. The van der Waals surface area contributed by atoms with Gasteiger partial charge in [0.2, 0.25) is 0 Å². The van der Waals surface area contributed by atoms with Crippen LogP contribution >= 0.6 is 0 Å². The predicted octanol–water partition coefficient (Wildman–Crippen LogP) is 2.65. The number of aryl methyl sites for hydroxylation is 1. The van der Waals surface area contributed by atoms with Gasteiger partial charge < -0.3 is 15.4 Å². The van der Waals surface area contributed by atoms with Crippen LogP contribution < -0.4 is 15.4 Å². The van der Waals surface area contributed by atoms with E-state index >= 15 is 0 Å². The Balaban J connectivity index is 2.02. The van der Waals surface area contributed by atoms with Gasteiger partial charge in [-0.25, -0.2) is 4.79 Å². The van der Waals surface area contributed by atoms with Crippen molar-refractivity contribution >= 4 is 6.03 Å². The van der Waals surface area contributed by atoms with Crippen LogP contribution in [-0.2, 0) is 12.8 Å². The van der Waals surface area contributed by atoms with E-state index in [0.29, 0.717) is 6.54 Å². The number of methoxy groups -OCH3 is 1. The molecule has 0 radical (unpaired) electrons. The maximum atomic E-state index is 11.1. The molecule has 4 heteroatoms. The van der Waals surface area contributed by atoms with Gasteiger partial charge >= 0.3 is 6.03 Å². The molecule has 2 amide bonds. The third-order valence-electron chi connectivity index (χ3n) is 3.72. The van der Waals surface area contributed by atoms with Crippen LogP contribution in [0.25, 0.3) is 0 Å². The Morgan fingerprint density at radius 1 is 1.35 bits per heavy atom. The number of ether oxygens (including phenoxy) is 1. The van der Waals surface area contributed by atoms with E-state index in [9.17, 15) is 4.79 Å². The van der Waals surface area contributed by atoms with Gasteiger partial charge in [-0.15, -0.1) is 0 Å². The van der Waals surface area contributed by atoms with Crippen LogP contribution in [0, 0.1) is 0 Å². The van der Waals surface area contributed by atoms with Gasteiger partial charge in [0.05, 0.1) is 13.2 Å². The number of rotatable bonds is 7. The van der Waals surface area contributed by atoms with Gasteiger partial charge in [-0.2, -0.15) is 0 Å². The molecule has 2 rings (SSSR count). The van der Waals surface area contributed by atoms with E-state index in [1.807, 2.05) is 6.07 Å². The largest absolute Gasteiger partial charge is 0.496 e. The molecule has 0 aromatic heterocycles. The second-order valence-electron chi connectivity index (χ2n) is 5.36. The standard InChI is InChI=1S/C16H24N2O2/c1-3-4-5-6-13-9-12(7-8-15(13)20-2)10-14-11-17-16(19)18-14/h7-9,14H,3-6,10-11H2,1-2H3,(H2,17,18,19). The van der Waals surface area contributed by atoms with E-state index in [1.54, 1.807) is 7.11 Å². The van der Waals surface area contributed by atoms with Gasteiger partial charge in [0.15, 0.2) is 0 Å². The van der Waals surface area contributed by atoms with Crippen molar-refractivity contribution < 1.29 is 9.53 Å². The summed E-state index contributed by atoms with van der Waals surface area (Å²) in [6, 6.07) is 6.48. The molecule has 1 saturated heterocycles. The summed E-state index contributed by atoms with van der Waals surface area (Å²) in [4.78, 5) is 11.1. The quantitative estimate of drug-likeness (QED) is 0.752. The number of carbonyl (C=O) groups excluding carboxylic acids is 1.